The van der Waals surface area contributed by atoms with E-state index in [-0.39, 0.29) is 23.7 Å². The molecule has 172 valence electrons. The van der Waals surface area contributed by atoms with E-state index in [1.807, 2.05) is 30.3 Å². The number of ether oxygens (including phenoxy) is 1. The molecule has 2 heterocycles. The minimum absolute atomic E-state index is 0.0231. The van der Waals surface area contributed by atoms with Crippen LogP contribution in [0.2, 0.25) is 5.02 Å². The van der Waals surface area contributed by atoms with Crippen molar-refractivity contribution in [1.82, 2.24) is 15.6 Å². The second-order valence-corrected chi connectivity index (χ2v) is 8.50. The van der Waals surface area contributed by atoms with Gasteiger partial charge in [-0.1, -0.05) is 41.9 Å². The molecule has 5 nitrogen and oxygen atoms in total. The topological polar surface area (TPSA) is 63.2 Å². The first-order valence-corrected chi connectivity index (χ1v) is 11.6. The van der Waals surface area contributed by atoms with Crippen LogP contribution in [0.3, 0.4) is 0 Å². The van der Waals surface area contributed by atoms with Crippen molar-refractivity contribution >= 4 is 17.5 Å². The first-order chi connectivity index (χ1) is 16.1. The van der Waals surface area contributed by atoms with E-state index < -0.39 is 0 Å². The summed E-state index contributed by atoms with van der Waals surface area (Å²) in [6, 6.07) is 17.0. The van der Waals surface area contributed by atoms with Crippen LogP contribution in [-0.2, 0) is 4.79 Å². The quantitative estimate of drug-likeness (QED) is 0.480. The first kappa shape index (κ1) is 23.2. The van der Waals surface area contributed by atoms with Gasteiger partial charge in [0.25, 0.3) is 0 Å². The third-order valence-corrected chi connectivity index (χ3v) is 6.16. The van der Waals surface area contributed by atoms with Crippen molar-refractivity contribution in [2.45, 2.75) is 25.3 Å². The Morgan fingerprint density at radius 3 is 2.64 bits per heavy atom. The molecule has 1 amide bonds. The van der Waals surface area contributed by atoms with Crippen LogP contribution in [-0.4, -0.2) is 30.6 Å². The average molecular weight is 468 g/mol. The van der Waals surface area contributed by atoms with E-state index in [1.165, 1.54) is 12.1 Å². The number of rotatable bonds is 8. The molecule has 0 unspecified atom stereocenters. The molecular weight excluding hydrogens is 441 g/mol. The van der Waals surface area contributed by atoms with Gasteiger partial charge in [-0.2, -0.15) is 0 Å². The normalized spacial score (nSPS) is 15.1. The molecule has 0 bridgehead atoms. The summed E-state index contributed by atoms with van der Waals surface area (Å²) >= 11 is 6.22. The highest BCUT2D eigenvalue weighted by Gasteiger charge is 2.26. The lowest BCUT2D eigenvalue weighted by atomic mass is 9.94. The number of carbonyl (C=O) groups is 1. The molecule has 4 rings (SSSR count). The van der Waals surface area contributed by atoms with E-state index in [0.29, 0.717) is 23.8 Å². The van der Waals surface area contributed by atoms with Gasteiger partial charge in [0.2, 0.25) is 5.91 Å². The third-order valence-electron chi connectivity index (χ3n) is 5.85. The summed E-state index contributed by atoms with van der Waals surface area (Å²) in [4.78, 5) is 17.7. The van der Waals surface area contributed by atoms with E-state index >= 15 is 0 Å². The molecule has 1 atom stereocenters. The summed E-state index contributed by atoms with van der Waals surface area (Å²) in [7, 11) is 0. The number of carbonyl (C=O) groups excluding carboxylic acids is 1. The highest BCUT2D eigenvalue weighted by molar-refractivity contribution is 6.32. The maximum atomic E-state index is 13.5. The van der Waals surface area contributed by atoms with Gasteiger partial charge in [-0.3, -0.25) is 9.78 Å². The Kier molecular flexibility index (Phi) is 7.92. The Balaban J connectivity index is 1.57. The summed E-state index contributed by atoms with van der Waals surface area (Å²) in [6.07, 6.45) is 3.83. The van der Waals surface area contributed by atoms with Gasteiger partial charge < -0.3 is 15.4 Å². The van der Waals surface area contributed by atoms with Crippen molar-refractivity contribution in [3.8, 4) is 16.9 Å². The molecule has 3 aromatic rings. The summed E-state index contributed by atoms with van der Waals surface area (Å²) in [5.41, 5.74) is 2.42. The molecule has 1 aliphatic heterocycles. The number of nitrogens with one attached hydrogen (secondary N) is 2. The fourth-order valence-electron chi connectivity index (χ4n) is 4.07. The third kappa shape index (κ3) is 6.09. The standard InChI is InChI=1S/C26H27ClFN3O2/c27-22-5-1-2-6-24(22)33-17-13-23(31-26(32)19-11-15-29-16-12-19)25-21(4-3-14-30-25)18-7-9-20(28)10-8-18/h1-10,14,19,23,29H,11-13,15-17H2,(H,31,32)/t23-/m0/s1. The monoisotopic (exact) mass is 467 g/mol. The lowest BCUT2D eigenvalue weighted by Gasteiger charge is -2.26. The second-order valence-electron chi connectivity index (χ2n) is 8.10. The Morgan fingerprint density at radius 1 is 1.12 bits per heavy atom. The Bertz CT molecular complexity index is 1070. The van der Waals surface area contributed by atoms with Gasteiger partial charge in [0.05, 0.1) is 23.4 Å². The Labute approximate surface area is 198 Å². The van der Waals surface area contributed by atoms with Crippen LogP contribution in [0.15, 0.2) is 66.9 Å². The van der Waals surface area contributed by atoms with Crippen LogP contribution in [0.5, 0.6) is 5.75 Å². The molecule has 1 aromatic heterocycles. The van der Waals surface area contributed by atoms with Gasteiger partial charge in [0.1, 0.15) is 11.6 Å². The number of halogens is 2. The number of aromatic nitrogens is 1. The highest BCUT2D eigenvalue weighted by atomic mass is 35.5. The van der Waals surface area contributed by atoms with Crippen LogP contribution in [0.4, 0.5) is 4.39 Å². The molecule has 0 saturated carbocycles. The lowest BCUT2D eigenvalue weighted by Crippen LogP contribution is -2.40. The molecular formula is C26H27ClFN3O2. The number of amides is 1. The van der Waals surface area contributed by atoms with E-state index in [1.54, 1.807) is 24.4 Å². The van der Waals surface area contributed by atoms with Crippen molar-refractivity contribution < 1.29 is 13.9 Å². The molecule has 0 aliphatic carbocycles. The minimum atomic E-state index is -0.365. The van der Waals surface area contributed by atoms with Gasteiger partial charge >= 0.3 is 0 Å². The molecule has 0 radical (unpaired) electrons. The van der Waals surface area contributed by atoms with Gasteiger partial charge in [-0.05, 0) is 61.8 Å². The lowest BCUT2D eigenvalue weighted by molar-refractivity contribution is -0.126. The average Bonchev–Trinajstić information content (AvgIpc) is 2.85. The molecule has 2 N–H and O–H groups in total. The highest BCUT2D eigenvalue weighted by Crippen LogP contribution is 2.30. The second kappa shape index (κ2) is 11.3. The molecule has 7 heteroatoms. The van der Waals surface area contributed by atoms with E-state index in [0.717, 1.165) is 42.8 Å². The van der Waals surface area contributed by atoms with Crippen molar-refractivity contribution in [1.29, 1.82) is 0 Å². The van der Waals surface area contributed by atoms with Crippen LogP contribution >= 0.6 is 11.6 Å². The van der Waals surface area contributed by atoms with E-state index in [4.69, 9.17) is 16.3 Å². The Morgan fingerprint density at radius 2 is 1.88 bits per heavy atom. The molecule has 1 aliphatic rings. The van der Waals surface area contributed by atoms with Crippen molar-refractivity contribution in [3.05, 3.63) is 83.4 Å². The number of benzene rings is 2. The zero-order valence-electron chi connectivity index (χ0n) is 18.3. The zero-order chi connectivity index (χ0) is 23.0. The van der Waals surface area contributed by atoms with Crippen molar-refractivity contribution in [2.24, 2.45) is 5.92 Å². The summed E-state index contributed by atoms with van der Waals surface area (Å²) in [5, 5.41) is 7.04. The predicted molar refractivity (Wildman–Crippen MR) is 128 cm³/mol. The largest absolute Gasteiger partial charge is 0.492 e. The van der Waals surface area contributed by atoms with Crippen molar-refractivity contribution in [2.75, 3.05) is 19.7 Å². The summed E-state index contributed by atoms with van der Waals surface area (Å²) < 4.78 is 19.4. The molecule has 1 saturated heterocycles. The van der Waals surface area contributed by atoms with E-state index in [9.17, 15) is 9.18 Å². The fraction of sp³-hybridized carbons (Fsp3) is 0.308. The molecule has 1 fully saturated rings. The van der Waals surface area contributed by atoms with Crippen LogP contribution in [0.25, 0.3) is 11.1 Å². The zero-order valence-corrected chi connectivity index (χ0v) is 19.0. The van der Waals surface area contributed by atoms with Gasteiger partial charge in [-0.25, -0.2) is 4.39 Å². The van der Waals surface area contributed by atoms with Crippen molar-refractivity contribution in [3.63, 3.8) is 0 Å². The SMILES string of the molecule is O=C(N[C@@H](CCOc1ccccc1Cl)c1ncccc1-c1ccc(F)cc1)C1CCNCC1. The maximum absolute atomic E-state index is 13.5. The number of nitrogens with zero attached hydrogens (tertiary/aromatic N) is 1. The van der Waals surface area contributed by atoms with Crippen LogP contribution in [0.1, 0.15) is 31.0 Å². The first-order valence-electron chi connectivity index (χ1n) is 11.2. The number of hydrogen-bond donors (Lipinski definition) is 2. The van der Waals surface area contributed by atoms with Gasteiger partial charge in [0.15, 0.2) is 0 Å². The number of hydrogen-bond acceptors (Lipinski definition) is 4. The summed E-state index contributed by atoms with van der Waals surface area (Å²) in [5.74, 6) is 0.293. The number of pyridine rings is 1. The van der Waals surface area contributed by atoms with Crippen LogP contribution in [0, 0.1) is 11.7 Å². The van der Waals surface area contributed by atoms with E-state index in [2.05, 4.69) is 15.6 Å². The van der Waals surface area contributed by atoms with Gasteiger partial charge in [0, 0.05) is 24.1 Å². The maximum Gasteiger partial charge on any atom is 0.223 e. The predicted octanol–water partition coefficient (Wildman–Crippen LogP) is 5.17. The van der Waals surface area contributed by atoms with Crippen LogP contribution < -0.4 is 15.4 Å². The minimum Gasteiger partial charge on any atom is -0.492 e. The number of piperidine rings is 1. The summed E-state index contributed by atoms with van der Waals surface area (Å²) in [6.45, 7) is 2.02. The molecule has 2 aromatic carbocycles. The Hall–Kier alpha value is -2.96. The smallest absolute Gasteiger partial charge is 0.223 e. The fourth-order valence-corrected chi connectivity index (χ4v) is 4.26. The van der Waals surface area contributed by atoms with Gasteiger partial charge in [-0.15, -0.1) is 0 Å². The number of para-hydroxylation sites is 1. The molecule has 0 spiro atoms. The molecule has 33 heavy (non-hydrogen) atoms.